The Balaban J connectivity index is 1.88. The summed E-state index contributed by atoms with van der Waals surface area (Å²) in [5.74, 6) is -1.67. The first kappa shape index (κ1) is 16.0. The monoisotopic (exact) mass is 308 g/mol. The van der Waals surface area contributed by atoms with Crippen LogP contribution in [-0.2, 0) is 0 Å². The molecule has 1 saturated carbocycles. The van der Waals surface area contributed by atoms with Crippen LogP contribution < -0.4 is 5.73 Å². The average molecular weight is 308 g/mol. The summed E-state index contributed by atoms with van der Waals surface area (Å²) in [7, 11) is 0. The van der Waals surface area contributed by atoms with Crippen LogP contribution in [0, 0.1) is 11.3 Å². The maximum Gasteiger partial charge on any atom is 0.399 e. The van der Waals surface area contributed by atoms with E-state index < -0.39 is 17.1 Å². The van der Waals surface area contributed by atoms with E-state index in [1.165, 1.54) is 32.1 Å². The van der Waals surface area contributed by atoms with Gasteiger partial charge in [0, 0.05) is 6.54 Å². The van der Waals surface area contributed by atoms with Gasteiger partial charge >= 0.3 is 6.18 Å². The molecule has 0 amide bonds. The van der Waals surface area contributed by atoms with Gasteiger partial charge in [-0.3, -0.25) is 0 Å². The Hall–Kier alpha value is -0.360. The van der Waals surface area contributed by atoms with Crippen LogP contribution in [0.1, 0.15) is 44.9 Å². The van der Waals surface area contributed by atoms with Crippen molar-refractivity contribution < 1.29 is 13.2 Å². The lowest BCUT2D eigenvalue weighted by Gasteiger charge is -2.45. The Kier molecular flexibility index (Phi) is 4.95. The van der Waals surface area contributed by atoms with E-state index in [2.05, 4.69) is 12.2 Å². The summed E-state index contributed by atoms with van der Waals surface area (Å²) >= 11 is 4.58. The molecular formula is C14H23F3N2S. The first-order chi connectivity index (χ1) is 9.32. The van der Waals surface area contributed by atoms with Gasteiger partial charge in [0.15, 0.2) is 0 Å². The zero-order valence-electron chi connectivity index (χ0n) is 11.7. The van der Waals surface area contributed by atoms with Crippen molar-refractivity contribution >= 4 is 17.2 Å². The number of halogens is 3. The number of alkyl halides is 3. The van der Waals surface area contributed by atoms with E-state index in [-0.39, 0.29) is 6.54 Å². The molecule has 1 saturated heterocycles. The van der Waals surface area contributed by atoms with Crippen LogP contribution in [0.15, 0.2) is 0 Å². The highest BCUT2D eigenvalue weighted by Crippen LogP contribution is 2.44. The molecule has 0 aromatic heterocycles. The number of nitrogens with zero attached hydrogens (tertiary/aromatic N) is 1. The van der Waals surface area contributed by atoms with Crippen molar-refractivity contribution in [2.45, 2.75) is 51.1 Å². The van der Waals surface area contributed by atoms with Crippen LogP contribution in [0.5, 0.6) is 0 Å². The summed E-state index contributed by atoms with van der Waals surface area (Å²) in [6.07, 6.45) is 4.08. The lowest BCUT2D eigenvalue weighted by Crippen LogP contribution is -2.48. The fourth-order valence-electron chi connectivity index (χ4n) is 3.62. The summed E-state index contributed by atoms with van der Waals surface area (Å²) in [6.45, 7) is 1.42. The Labute approximate surface area is 123 Å². The van der Waals surface area contributed by atoms with Gasteiger partial charge in [-0.25, -0.2) is 0 Å². The second kappa shape index (κ2) is 6.18. The highest BCUT2D eigenvalue weighted by atomic mass is 32.1. The summed E-state index contributed by atoms with van der Waals surface area (Å²) < 4.78 is 38.6. The molecule has 1 spiro atoms. The number of thiocarbonyl (C=S) groups is 1. The molecule has 0 aromatic rings. The summed E-state index contributed by atoms with van der Waals surface area (Å²) in [6, 6.07) is 0. The van der Waals surface area contributed by atoms with E-state index in [1.807, 2.05) is 4.90 Å². The molecule has 1 aliphatic heterocycles. The number of nitrogens with two attached hydrogens (primary N) is 1. The van der Waals surface area contributed by atoms with Crippen molar-refractivity contribution in [2.24, 2.45) is 17.1 Å². The predicted molar refractivity (Wildman–Crippen MR) is 77.5 cm³/mol. The van der Waals surface area contributed by atoms with Crippen LogP contribution >= 0.6 is 12.2 Å². The van der Waals surface area contributed by atoms with Gasteiger partial charge in [0.25, 0.3) is 0 Å². The third-order valence-electron chi connectivity index (χ3n) is 5.01. The third kappa shape index (κ3) is 3.85. The van der Waals surface area contributed by atoms with E-state index >= 15 is 0 Å². The molecular weight excluding hydrogens is 285 g/mol. The number of rotatable bonds is 3. The van der Waals surface area contributed by atoms with Gasteiger partial charge < -0.3 is 10.6 Å². The Morgan fingerprint density at radius 1 is 1.10 bits per heavy atom. The van der Waals surface area contributed by atoms with Gasteiger partial charge in [0.1, 0.15) is 5.92 Å². The Morgan fingerprint density at radius 3 is 2.10 bits per heavy atom. The van der Waals surface area contributed by atoms with E-state index in [4.69, 9.17) is 5.73 Å². The topological polar surface area (TPSA) is 29.3 Å². The maximum atomic E-state index is 12.9. The van der Waals surface area contributed by atoms with Crippen LogP contribution in [0.25, 0.3) is 0 Å². The molecule has 2 N–H and O–H groups in total. The smallest absolute Gasteiger partial charge is 0.393 e. The van der Waals surface area contributed by atoms with E-state index in [9.17, 15) is 13.2 Å². The van der Waals surface area contributed by atoms with Gasteiger partial charge in [-0.2, -0.15) is 13.2 Å². The molecule has 0 radical (unpaired) electrons. The normalized spacial score (nSPS) is 25.6. The summed E-state index contributed by atoms with van der Waals surface area (Å²) in [4.78, 5) is 1.45. The first-order valence-electron chi connectivity index (χ1n) is 7.41. The quantitative estimate of drug-likeness (QED) is 0.809. The lowest BCUT2D eigenvalue weighted by atomic mass is 9.68. The van der Waals surface area contributed by atoms with Crippen LogP contribution in [0.2, 0.25) is 0 Å². The van der Waals surface area contributed by atoms with Crippen LogP contribution in [0.4, 0.5) is 13.2 Å². The SMILES string of the molecule is NC(=S)C(CN1CCC2(CCCCC2)CC1)C(F)(F)F. The predicted octanol–water partition coefficient (Wildman–Crippen LogP) is 3.50. The minimum absolute atomic E-state index is 0.0745. The van der Waals surface area contributed by atoms with Crippen molar-refractivity contribution in [3.63, 3.8) is 0 Å². The molecule has 0 bridgehead atoms. The largest absolute Gasteiger partial charge is 0.399 e. The fraction of sp³-hybridized carbons (Fsp3) is 0.929. The van der Waals surface area contributed by atoms with E-state index in [0.29, 0.717) is 5.41 Å². The van der Waals surface area contributed by atoms with Gasteiger partial charge in [-0.05, 0) is 44.2 Å². The third-order valence-corrected chi connectivity index (χ3v) is 5.29. The standard InChI is InChI=1S/C14H23F3N2S/c15-14(16,17)11(12(18)20)10-19-8-6-13(7-9-19)4-2-1-3-5-13/h11H,1-10H2,(H2,18,20). The van der Waals surface area contributed by atoms with Crippen molar-refractivity contribution in [2.75, 3.05) is 19.6 Å². The molecule has 2 fully saturated rings. The molecule has 1 unspecified atom stereocenters. The zero-order chi connectivity index (χ0) is 14.8. The van der Waals surface area contributed by atoms with Crippen LogP contribution in [-0.4, -0.2) is 35.7 Å². The molecule has 1 heterocycles. The lowest BCUT2D eigenvalue weighted by molar-refractivity contribution is -0.160. The van der Waals surface area contributed by atoms with E-state index in [1.54, 1.807) is 0 Å². The molecule has 2 nitrogen and oxygen atoms in total. The first-order valence-corrected chi connectivity index (χ1v) is 7.82. The fourth-order valence-corrected chi connectivity index (χ4v) is 3.83. The number of hydrogen-bond donors (Lipinski definition) is 1. The summed E-state index contributed by atoms with van der Waals surface area (Å²) in [5.41, 5.74) is 5.67. The van der Waals surface area contributed by atoms with Gasteiger partial charge in [-0.1, -0.05) is 31.5 Å². The summed E-state index contributed by atoms with van der Waals surface area (Å²) in [5, 5.41) is 0. The molecule has 0 aromatic carbocycles. The minimum atomic E-state index is -4.33. The molecule has 1 atom stereocenters. The molecule has 6 heteroatoms. The van der Waals surface area contributed by atoms with Crippen molar-refractivity contribution in [3.8, 4) is 0 Å². The van der Waals surface area contributed by atoms with Gasteiger partial charge in [-0.15, -0.1) is 0 Å². The molecule has 2 aliphatic rings. The molecule has 20 heavy (non-hydrogen) atoms. The second-order valence-corrected chi connectivity index (χ2v) is 6.83. The highest BCUT2D eigenvalue weighted by molar-refractivity contribution is 7.80. The van der Waals surface area contributed by atoms with Crippen LogP contribution in [0.3, 0.4) is 0 Å². The van der Waals surface area contributed by atoms with Crippen molar-refractivity contribution in [1.29, 1.82) is 0 Å². The van der Waals surface area contributed by atoms with Crippen molar-refractivity contribution in [1.82, 2.24) is 4.90 Å². The molecule has 2 rings (SSSR count). The molecule has 116 valence electrons. The van der Waals surface area contributed by atoms with Gasteiger partial charge in [0.2, 0.25) is 0 Å². The van der Waals surface area contributed by atoms with E-state index in [0.717, 1.165) is 25.9 Å². The molecule has 1 aliphatic carbocycles. The number of likely N-dealkylation sites (tertiary alicyclic amines) is 1. The number of hydrogen-bond acceptors (Lipinski definition) is 2. The Bertz CT molecular complexity index is 341. The average Bonchev–Trinajstić information content (AvgIpc) is 2.37. The minimum Gasteiger partial charge on any atom is -0.393 e. The second-order valence-electron chi connectivity index (χ2n) is 6.36. The number of piperidine rings is 1. The van der Waals surface area contributed by atoms with Gasteiger partial charge in [0.05, 0.1) is 4.99 Å². The maximum absolute atomic E-state index is 12.9. The Morgan fingerprint density at radius 2 is 1.65 bits per heavy atom. The highest BCUT2D eigenvalue weighted by Gasteiger charge is 2.44. The van der Waals surface area contributed by atoms with Crippen molar-refractivity contribution in [3.05, 3.63) is 0 Å². The zero-order valence-corrected chi connectivity index (χ0v) is 12.5.